The first-order valence-corrected chi connectivity index (χ1v) is 29.2. The van der Waals surface area contributed by atoms with E-state index in [4.69, 9.17) is 4.74 Å². The van der Waals surface area contributed by atoms with Crippen molar-refractivity contribution >= 4 is 62.9 Å². The third kappa shape index (κ3) is 5.42. The van der Waals surface area contributed by atoms with Crippen molar-refractivity contribution in [1.29, 1.82) is 0 Å². The summed E-state index contributed by atoms with van der Waals surface area (Å²) >= 11 is 0. The van der Waals surface area contributed by atoms with Gasteiger partial charge in [-0.2, -0.15) is 0 Å². The Bertz CT molecular complexity index is 4090. The van der Waals surface area contributed by atoms with E-state index in [0.717, 1.165) is 34.2 Å². The molecule has 12 aromatic carbocycles. The smallest absolute Gasteiger partial charge is 0.198 e. The third-order valence-corrected chi connectivity index (χ3v) is 22.9. The number of ether oxygens (including phenoxy) is 1. The van der Waals surface area contributed by atoms with Crippen LogP contribution in [0.15, 0.2) is 291 Å². The standard InChI is InChI=1S/C74H48N2OSi/c1-6-23-49(24-7-1)73(50-25-8-2-9-26-50)60-35-18-16-33-56(60)58-45-43-53(47-62(58)73)75-64-37-20-38-65-70(64)78(55-31-14-5-15-32-55)71-66(75)39-21-41-68(71)77-69-42-22-40-67(72(69)78)76(65)54-44-46-59-57-34-17-19-36-61(57)74(63(59)48-54,51-27-10-3-11-28-51)52-29-12-4-13-30-52/h1-48H. The molecule has 17 rings (SSSR count). The van der Waals surface area contributed by atoms with Gasteiger partial charge >= 0.3 is 0 Å². The highest BCUT2D eigenvalue weighted by atomic mass is 28.3. The number of anilines is 6. The molecule has 364 valence electrons. The highest BCUT2D eigenvalue weighted by molar-refractivity contribution is 7.24. The second-order valence-electron chi connectivity index (χ2n) is 21.4. The van der Waals surface area contributed by atoms with Gasteiger partial charge in [0.1, 0.15) is 11.5 Å². The van der Waals surface area contributed by atoms with E-state index in [2.05, 4.69) is 301 Å². The molecule has 0 saturated carbocycles. The van der Waals surface area contributed by atoms with Gasteiger partial charge in [-0.25, -0.2) is 0 Å². The molecule has 0 unspecified atom stereocenters. The summed E-state index contributed by atoms with van der Waals surface area (Å²) in [6, 6.07) is 109. The fraction of sp³-hybridized carbons (Fsp3) is 0.0270. The van der Waals surface area contributed by atoms with Gasteiger partial charge in [-0.1, -0.05) is 231 Å². The first-order chi connectivity index (χ1) is 38.7. The number of hydrogen-bond donors (Lipinski definition) is 0. The Labute approximate surface area is 455 Å². The van der Waals surface area contributed by atoms with Crippen molar-refractivity contribution < 1.29 is 4.74 Å². The minimum Gasteiger partial charge on any atom is -0.457 e. The van der Waals surface area contributed by atoms with Crippen molar-refractivity contribution in [3.8, 4) is 33.8 Å². The van der Waals surface area contributed by atoms with E-state index in [1.165, 1.54) is 98.9 Å². The van der Waals surface area contributed by atoms with Gasteiger partial charge in [0.05, 0.1) is 22.2 Å². The molecule has 0 saturated heterocycles. The molecule has 0 atom stereocenters. The lowest BCUT2D eigenvalue weighted by Gasteiger charge is -2.53. The summed E-state index contributed by atoms with van der Waals surface area (Å²) in [5.41, 5.74) is 21.0. The number of fused-ring (bicyclic) bond motifs is 6. The van der Waals surface area contributed by atoms with Crippen LogP contribution < -0.4 is 35.3 Å². The number of benzene rings is 12. The summed E-state index contributed by atoms with van der Waals surface area (Å²) in [5, 5.41) is 5.28. The molecule has 0 amide bonds. The zero-order valence-corrected chi connectivity index (χ0v) is 43.5. The highest BCUT2D eigenvalue weighted by Gasteiger charge is 2.60. The van der Waals surface area contributed by atoms with Crippen molar-refractivity contribution in [2.45, 2.75) is 10.8 Å². The minimum atomic E-state index is -3.20. The van der Waals surface area contributed by atoms with Crippen molar-refractivity contribution in [2.24, 2.45) is 0 Å². The average molecular weight is 1010 g/mol. The number of nitrogens with zero attached hydrogens (tertiary/aromatic N) is 2. The predicted octanol–water partition coefficient (Wildman–Crippen LogP) is 15.5. The van der Waals surface area contributed by atoms with Gasteiger partial charge in [0.25, 0.3) is 0 Å². The molecule has 78 heavy (non-hydrogen) atoms. The zero-order valence-electron chi connectivity index (χ0n) is 42.5. The van der Waals surface area contributed by atoms with Crippen molar-refractivity contribution in [2.75, 3.05) is 9.80 Å². The van der Waals surface area contributed by atoms with Gasteiger partial charge in [0, 0.05) is 38.3 Å². The third-order valence-electron chi connectivity index (χ3n) is 17.9. The largest absolute Gasteiger partial charge is 0.457 e. The molecule has 12 aromatic rings. The Balaban J connectivity index is 0.958. The average Bonchev–Trinajstić information content (AvgIpc) is 3.39. The van der Waals surface area contributed by atoms with E-state index >= 15 is 0 Å². The van der Waals surface area contributed by atoms with Crippen LogP contribution >= 0.6 is 0 Å². The Morgan fingerprint density at radius 1 is 0.269 bits per heavy atom. The Hall–Kier alpha value is -9.74. The monoisotopic (exact) mass is 1010 g/mol. The maximum atomic E-state index is 7.38. The van der Waals surface area contributed by atoms with E-state index in [-0.39, 0.29) is 0 Å². The predicted molar refractivity (Wildman–Crippen MR) is 321 cm³/mol. The van der Waals surface area contributed by atoms with E-state index in [1.54, 1.807) is 0 Å². The van der Waals surface area contributed by atoms with Gasteiger partial charge in [0.2, 0.25) is 0 Å². The lowest BCUT2D eigenvalue weighted by molar-refractivity contribution is 0.487. The summed E-state index contributed by atoms with van der Waals surface area (Å²) < 4.78 is 7.38. The van der Waals surface area contributed by atoms with E-state index in [1.807, 2.05) is 0 Å². The van der Waals surface area contributed by atoms with Gasteiger partial charge in [0.15, 0.2) is 8.07 Å². The topological polar surface area (TPSA) is 15.7 Å². The minimum absolute atomic E-state index is 0.565. The van der Waals surface area contributed by atoms with E-state index < -0.39 is 18.9 Å². The summed E-state index contributed by atoms with van der Waals surface area (Å²) in [7, 11) is -3.20. The van der Waals surface area contributed by atoms with Crippen LogP contribution in [-0.4, -0.2) is 8.07 Å². The normalized spacial score (nSPS) is 15.3. The van der Waals surface area contributed by atoms with E-state index in [0.29, 0.717) is 0 Å². The molecule has 0 bridgehead atoms. The quantitative estimate of drug-likeness (QED) is 0.148. The zero-order chi connectivity index (χ0) is 51.2. The SMILES string of the molecule is c1ccc(C2(c3ccccc3)c3ccccc3-c3ccc(N4c5cccc6c5[Si]5(c7ccccc7)c7c(cccc7N(c7ccc8c(c7)C(c7ccccc7)(c7ccccc7)c7ccccc7-8)c7cccc4c75)O6)cc32)cc1. The lowest BCUT2D eigenvalue weighted by atomic mass is 9.67. The van der Waals surface area contributed by atoms with Crippen molar-refractivity contribution in [3.63, 3.8) is 0 Å². The van der Waals surface area contributed by atoms with Crippen LogP contribution in [-0.2, 0) is 10.8 Å². The highest BCUT2D eigenvalue weighted by Crippen LogP contribution is 2.60. The molecule has 3 heterocycles. The molecular formula is C74H48N2OSi. The lowest BCUT2D eigenvalue weighted by Crippen LogP contribution is -2.80. The van der Waals surface area contributed by atoms with Gasteiger partial charge in [-0.05, 0) is 133 Å². The van der Waals surface area contributed by atoms with Gasteiger partial charge in [-0.15, -0.1) is 0 Å². The second-order valence-corrected chi connectivity index (χ2v) is 25.0. The van der Waals surface area contributed by atoms with Gasteiger partial charge in [-0.3, -0.25) is 0 Å². The van der Waals surface area contributed by atoms with Crippen LogP contribution in [0.3, 0.4) is 0 Å². The Kier molecular flexibility index (Phi) is 9.00. The molecule has 0 spiro atoms. The van der Waals surface area contributed by atoms with E-state index in [9.17, 15) is 0 Å². The molecule has 4 heteroatoms. The molecule has 0 aromatic heterocycles. The van der Waals surface area contributed by atoms with Crippen LogP contribution in [0.4, 0.5) is 34.1 Å². The fourth-order valence-electron chi connectivity index (χ4n) is 15.2. The van der Waals surface area contributed by atoms with Crippen LogP contribution in [0.25, 0.3) is 22.3 Å². The Morgan fingerprint density at radius 2 is 0.603 bits per heavy atom. The molecule has 0 radical (unpaired) electrons. The summed E-state index contributed by atoms with van der Waals surface area (Å²) in [6.07, 6.45) is 0. The van der Waals surface area contributed by atoms with Crippen LogP contribution in [0, 0.1) is 0 Å². The fourth-order valence-corrected chi connectivity index (χ4v) is 20.8. The molecule has 5 aliphatic rings. The first-order valence-electron chi connectivity index (χ1n) is 27.2. The number of hydrogen-bond acceptors (Lipinski definition) is 3. The molecule has 3 aliphatic heterocycles. The summed E-state index contributed by atoms with van der Waals surface area (Å²) in [4.78, 5) is 5.15. The van der Waals surface area contributed by atoms with Crippen LogP contribution in [0.1, 0.15) is 44.5 Å². The van der Waals surface area contributed by atoms with Gasteiger partial charge < -0.3 is 14.5 Å². The number of rotatable bonds is 7. The maximum Gasteiger partial charge on any atom is 0.198 e. The Morgan fingerprint density at radius 3 is 1.01 bits per heavy atom. The molecule has 0 N–H and O–H groups in total. The molecule has 0 fully saturated rings. The summed E-state index contributed by atoms with van der Waals surface area (Å²) in [6.45, 7) is 0. The van der Waals surface area contributed by atoms with Crippen molar-refractivity contribution in [3.05, 3.63) is 336 Å². The molecular weight excluding hydrogens is 961 g/mol. The second kappa shape index (κ2) is 16.1. The van der Waals surface area contributed by atoms with Crippen LogP contribution in [0.5, 0.6) is 11.5 Å². The first kappa shape index (κ1) is 43.5. The maximum absolute atomic E-state index is 7.38. The molecule has 3 nitrogen and oxygen atoms in total. The summed E-state index contributed by atoms with van der Waals surface area (Å²) in [5.74, 6) is 1.85. The molecule has 2 aliphatic carbocycles. The van der Waals surface area contributed by atoms with Crippen molar-refractivity contribution in [1.82, 2.24) is 0 Å². The van der Waals surface area contributed by atoms with Crippen LogP contribution in [0.2, 0.25) is 0 Å².